The summed E-state index contributed by atoms with van der Waals surface area (Å²) in [5, 5.41) is 9.08. The molecule has 8 nitrogen and oxygen atoms in total. The van der Waals surface area contributed by atoms with E-state index in [1.54, 1.807) is 32.9 Å². The number of nitrogens with one attached hydrogen (secondary N) is 1. The van der Waals surface area contributed by atoms with E-state index < -0.39 is 33.7 Å². The fraction of sp³-hybridized carbons (Fsp3) is 0.381. The van der Waals surface area contributed by atoms with E-state index in [9.17, 15) is 17.6 Å². The van der Waals surface area contributed by atoms with E-state index in [1.165, 1.54) is 41.9 Å². The molecular formula is C21H25FN2O6S. The minimum absolute atomic E-state index is 0.0257. The predicted octanol–water partition coefficient (Wildman–Crippen LogP) is 2.47. The summed E-state index contributed by atoms with van der Waals surface area (Å²) in [5.41, 5.74) is 1.46. The molecule has 0 radical (unpaired) electrons. The zero-order chi connectivity index (χ0) is 22.8. The number of hydrogen-bond donors (Lipinski definition) is 2. The molecule has 1 amide bonds. The van der Waals surface area contributed by atoms with Gasteiger partial charge in [0.15, 0.2) is 0 Å². The summed E-state index contributed by atoms with van der Waals surface area (Å²) in [7, 11) is -4.07. The summed E-state index contributed by atoms with van der Waals surface area (Å²) in [6, 6.07) is 10.4. The number of halogens is 1. The van der Waals surface area contributed by atoms with E-state index >= 15 is 0 Å². The van der Waals surface area contributed by atoms with Gasteiger partial charge in [-0.2, -0.15) is 4.31 Å². The molecule has 0 spiro atoms. The van der Waals surface area contributed by atoms with Crippen molar-refractivity contribution in [3.63, 3.8) is 0 Å². The van der Waals surface area contributed by atoms with E-state index in [0.717, 1.165) is 9.87 Å². The van der Waals surface area contributed by atoms with Crippen LogP contribution in [0.2, 0.25) is 0 Å². The highest BCUT2D eigenvalue weighted by Gasteiger charge is 2.48. The Balaban J connectivity index is 1.80. The molecule has 2 atom stereocenters. The molecule has 168 valence electrons. The van der Waals surface area contributed by atoms with E-state index in [1.807, 2.05) is 0 Å². The van der Waals surface area contributed by atoms with Crippen molar-refractivity contribution in [2.45, 2.75) is 50.0 Å². The largest absolute Gasteiger partial charge is 0.489 e. The Labute approximate surface area is 180 Å². The number of morpholine rings is 1. The van der Waals surface area contributed by atoms with Gasteiger partial charge in [0.1, 0.15) is 24.2 Å². The molecule has 10 heteroatoms. The van der Waals surface area contributed by atoms with E-state index in [4.69, 9.17) is 14.7 Å². The number of rotatable bonds is 6. The van der Waals surface area contributed by atoms with Gasteiger partial charge in [0, 0.05) is 6.54 Å². The van der Waals surface area contributed by atoms with Crippen molar-refractivity contribution in [3.05, 3.63) is 59.9 Å². The van der Waals surface area contributed by atoms with Gasteiger partial charge in [-0.1, -0.05) is 12.1 Å². The number of amides is 1. The van der Waals surface area contributed by atoms with Gasteiger partial charge < -0.3 is 9.47 Å². The van der Waals surface area contributed by atoms with Crippen LogP contribution in [0.25, 0.3) is 0 Å². The van der Waals surface area contributed by atoms with Crippen LogP contribution < -0.4 is 10.2 Å². The second kappa shape index (κ2) is 8.91. The number of carbonyl (C=O) groups is 1. The minimum Gasteiger partial charge on any atom is -0.489 e. The number of nitrogens with zero attached hydrogens (tertiary/aromatic N) is 1. The summed E-state index contributed by atoms with van der Waals surface area (Å²) in [5.74, 6) is -0.776. The molecule has 0 saturated carbocycles. The first-order valence-corrected chi connectivity index (χ1v) is 11.1. The van der Waals surface area contributed by atoms with Crippen molar-refractivity contribution in [3.8, 4) is 5.75 Å². The van der Waals surface area contributed by atoms with Gasteiger partial charge in [-0.25, -0.2) is 18.3 Å². The Morgan fingerprint density at radius 2 is 1.84 bits per heavy atom. The van der Waals surface area contributed by atoms with Gasteiger partial charge in [-0.15, -0.1) is 0 Å². The van der Waals surface area contributed by atoms with E-state index in [-0.39, 0.29) is 23.9 Å². The molecule has 0 aromatic heterocycles. The third kappa shape index (κ3) is 5.21. The smallest absolute Gasteiger partial charge is 0.264 e. The van der Waals surface area contributed by atoms with Crippen LogP contribution in [-0.2, 0) is 26.2 Å². The van der Waals surface area contributed by atoms with Crippen molar-refractivity contribution in [1.29, 1.82) is 0 Å². The van der Waals surface area contributed by atoms with Crippen LogP contribution in [0.15, 0.2) is 53.4 Å². The van der Waals surface area contributed by atoms with Crippen LogP contribution in [0.5, 0.6) is 5.75 Å². The van der Waals surface area contributed by atoms with Gasteiger partial charge >= 0.3 is 0 Å². The first-order valence-electron chi connectivity index (χ1n) is 9.64. The fourth-order valence-corrected chi connectivity index (χ4v) is 5.35. The average molecular weight is 453 g/mol. The normalized spacial score (nSPS) is 21.5. The molecule has 2 aromatic carbocycles. The Kier molecular flexibility index (Phi) is 6.65. The summed E-state index contributed by atoms with van der Waals surface area (Å²) in [4.78, 5) is 12.2. The van der Waals surface area contributed by atoms with Crippen LogP contribution >= 0.6 is 0 Å². The highest BCUT2D eigenvalue weighted by molar-refractivity contribution is 7.89. The molecular weight excluding hydrogens is 427 g/mol. The lowest BCUT2D eigenvalue weighted by Crippen LogP contribution is -2.63. The summed E-state index contributed by atoms with van der Waals surface area (Å²) in [6.45, 7) is 5.16. The lowest BCUT2D eigenvalue weighted by Gasteiger charge is -2.45. The minimum atomic E-state index is -4.07. The maximum absolute atomic E-state index is 13.3. The number of hydroxylamine groups is 1. The summed E-state index contributed by atoms with van der Waals surface area (Å²) in [6.07, 6.45) is -0.774. The molecule has 0 unspecified atom stereocenters. The second-order valence-corrected chi connectivity index (χ2v) is 9.83. The van der Waals surface area contributed by atoms with Gasteiger partial charge in [-0.3, -0.25) is 10.0 Å². The topological polar surface area (TPSA) is 105 Å². The lowest BCUT2D eigenvalue weighted by atomic mass is 10.0. The molecule has 1 saturated heterocycles. The van der Waals surface area contributed by atoms with E-state index in [0.29, 0.717) is 5.75 Å². The average Bonchev–Trinajstić information content (AvgIpc) is 2.72. The first-order chi connectivity index (χ1) is 14.5. The zero-order valence-corrected chi connectivity index (χ0v) is 18.2. The molecule has 1 fully saturated rings. The quantitative estimate of drug-likeness (QED) is 0.515. The maximum atomic E-state index is 13.3. The third-order valence-corrected chi connectivity index (χ3v) is 6.77. The van der Waals surface area contributed by atoms with Crippen molar-refractivity contribution in [2.24, 2.45) is 0 Å². The number of carbonyl (C=O) groups excluding carboxylic acids is 1. The lowest BCUT2D eigenvalue weighted by molar-refractivity contribution is -0.161. The van der Waals surface area contributed by atoms with E-state index in [2.05, 4.69) is 0 Å². The van der Waals surface area contributed by atoms with Crippen LogP contribution in [-0.4, -0.2) is 48.1 Å². The highest BCUT2D eigenvalue weighted by atomic mass is 32.2. The molecule has 1 aliphatic heterocycles. The molecule has 31 heavy (non-hydrogen) atoms. The van der Waals surface area contributed by atoms with Crippen LogP contribution in [0.4, 0.5) is 4.39 Å². The molecule has 0 aliphatic carbocycles. The van der Waals surface area contributed by atoms with Crippen molar-refractivity contribution < 1.29 is 32.3 Å². The standard InChI is InChI=1S/C21H25FN2O6S/c1-14-19(20(25)23-26)24(13-21(2,3)30-14)31(27,28)18-10-8-17(9-11-18)29-12-15-4-6-16(22)7-5-15/h4-11,14,19,26H,12-13H2,1-3H3,(H,23,25)/t14-,19+/m0/s1. The monoisotopic (exact) mass is 452 g/mol. The SMILES string of the molecule is C[C@@H]1OC(C)(C)CN(S(=O)(=O)c2ccc(OCc3ccc(F)cc3)cc2)[C@H]1C(=O)NO. The van der Waals surface area contributed by atoms with Gasteiger partial charge in [0.05, 0.1) is 16.6 Å². The molecule has 3 rings (SSSR count). The highest BCUT2D eigenvalue weighted by Crippen LogP contribution is 2.31. The maximum Gasteiger partial charge on any atom is 0.264 e. The van der Waals surface area contributed by atoms with Crippen LogP contribution in [0, 0.1) is 5.82 Å². The van der Waals surface area contributed by atoms with Gasteiger partial charge in [0.2, 0.25) is 10.0 Å². The van der Waals surface area contributed by atoms with Crippen LogP contribution in [0.1, 0.15) is 26.3 Å². The first kappa shape index (κ1) is 23.1. The van der Waals surface area contributed by atoms with Crippen molar-refractivity contribution in [1.82, 2.24) is 9.79 Å². The molecule has 1 heterocycles. The molecule has 2 N–H and O–H groups in total. The molecule has 0 bridgehead atoms. The Hall–Kier alpha value is -2.53. The Bertz CT molecular complexity index is 1020. The summed E-state index contributed by atoms with van der Waals surface area (Å²) >= 11 is 0. The number of ether oxygens (including phenoxy) is 2. The number of sulfonamides is 1. The van der Waals surface area contributed by atoms with Gasteiger partial charge in [-0.05, 0) is 62.7 Å². The van der Waals surface area contributed by atoms with Crippen molar-refractivity contribution >= 4 is 15.9 Å². The second-order valence-electron chi connectivity index (χ2n) is 7.94. The predicted molar refractivity (Wildman–Crippen MR) is 109 cm³/mol. The number of hydrogen-bond acceptors (Lipinski definition) is 6. The number of benzene rings is 2. The summed E-state index contributed by atoms with van der Waals surface area (Å²) < 4.78 is 52.0. The molecule has 2 aromatic rings. The molecule has 1 aliphatic rings. The Morgan fingerprint density at radius 1 is 1.23 bits per heavy atom. The zero-order valence-electron chi connectivity index (χ0n) is 17.4. The Morgan fingerprint density at radius 3 is 2.42 bits per heavy atom. The van der Waals surface area contributed by atoms with Gasteiger partial charge in [0.25, 0.3) is 5.91 Å². The van der Waals surface area contributed by atoms with Crippen LogP contribution in [0.3, 0.4) is 0 Å². The van der Waals surface area contributed by atoms with Crippen molar-refractivity contribution in [2.75, 3.05) is 6.54 Å². The third-order valence-electron chi connectivity index (χ3n) is 4.92. The fourth-order valence-electron chi connectivity index (χ4n) is 3.55.